The first-order valence-corrected chi connectivity index (χ1v) is 9.50. The molecule has 0 aromatic heterocycles. The van der Waals surface area contributed by atoms with Crippen molar-refractivity contribution in [3.8, 4) is 5.75 Å². The minimum absolute atomic E-state index is 0.104. The summed E-state index contributed by atoms with van der Waals surface area (Å²) in [6, 6.07) is 5.85. The second-order valence-electron chi connectivity index (χ2n) is 5.76. The molecule has 27 heavy (non-hydrogen) atoms. The molecule has 7 nitrogen and oxygen atoms in total. The second kappa shape index (κ2) is 9.52. The minimum Gasteiger partial charge on any atom is -0.494 e. The molecule has 1 atom stereocenters. The molecular formula is C18H19NO6S2. The lowest BCUT2D eigenvalue weighted by molar-refractivity contribution is -0.146. The molecule has 0 saturated carbocycles. The van der Waals surface area contributed by atoms with Gasteiger partial charge in [-0.25, -0.2) is 4.79 Å². The Balaban J connectivity index is 2.17. The predicted molar refractivity (Wildman–Crippen MR) is 106 cm³/mol. The maximum atomic E-state index is 12.6. The van der Waals surface area contributed by atoms with Gasteiger partial charge < -0.3 is 14.9 Å². The van der Waals surface area contributed by atoms with Crippen LogP contribution in [0.3, 0.4) is 0 Å². The number of aliphatic carboxylic acids is 2. The molecule has 1 aliphatic heterocycles. The normalized spacial score (nSPS) is 16.6. The summed E-state index contributed by atoms with van der Waals surface area (Å²) in [7, 11) is 0. The van der Waals surface area contributed by atoms with E-state index in [1.54, 1.807) is 30.3 Å². The Morgan fingerprint density at radius 3 is 2.52 bits per heavy atom. The van der Waals surface area contributed by atoms with Gasteiger partial charge in [0.25, 0.3) is 5.91 Å². The van der Waals surface area contributed by atoms with Gasteiger partial charge in [-0.3, -0.25) is 14.5 Å². The lowest BCUT2D eigenvalue weighted by Crippen LogP contribution is -2.44. The van der Waals surface area contributed by atoms with Crippen molar-refractivity contribution >= 4 is 52.2 Å². The van der Waals surface area contributed by atoms with E-state index in [-0.39, 0.29) is 17.2 Å². The first-order chi connectivity index (χ1) is 12.8. The highest BCUT2D eigenvalue weighted by molar-refractivity contribution is 8.26. The number of hydrogen-bond acceptors (Lipinski definition) is 6. The van der Waals surface area contributed by atoms with Crippen molar-refractivity contribution < 1.29 is 29.3 Å². The van der Waals surface area contributed by atoms with Crippen molar-refractivity contribution in [1.29, 1.82) is 0 Å². The fourth-order valence-electron chi connectivity index (χ4n) is 2.40. The molecule has 1 amide bonds. The molecule has 2 rings (SSSR count). The summed E-state index contributed by atoms with van der Waals surface area (Å²) in [6.07, 6.45) is 1.94. The van der Waals surface area contributed by atoms with Gasteiger partial charge >= 0.3 is 11.9 Å². The summed E-state index contributed by atoms with van der Waals surface area (Å²) in [5.41, 5.74) is 0.747. The average Bonchev–Trinajstić information content (AvgIpc) is 2.88. The molecule has 1 aromatic carbocycles. The van der Waals surface area contributed by atoms with Gasteiger partial charge in [0.2, 0.25) is 0 Å². The molecule has 2 N–H and O–H groups in total. The molecule has 1 aliphatic rings. The average molecular weight is 409 g/mol. The van der Waals surface area contributed by atoms with E-state index in [0.29, 0.717) is 11.5 Å². The lowest BCUT2D eigenvalue weighted by Gasteiger charge is -2.22. The first kappa shape index (κ1) is 20.9. The number of carboxylic acids is 2. The van der Waals surface area contributed by atoms with Gasteiger partial charge in [0.15, 0.2) is 0 Å². The van der Waals surface area contributed by atoms with Crippen LogP contribution in [0.4, 0.5) is 0 Å². The first-order valence-electron chi connectivity index (χ1n) is 8.28. The molecule has 0 bridgehead atoms. The molecular weight excluding hydrogens is 390 g/mol. The number of benzene rings is 1. The van der Waals surface area contributed by atoms with Crippen LogP contribution in [0.5, 0.6) is 5.75 Å². The molecule has 1 heterocycles. The van der Waals surface area contributed by atoms with E-state index in [9.17, 15) is 19.5 Å². The third-order valence-electron chi connectivity index (χ3n) is 3.70. The standard InChI is InChI=1S/C18H19NO6S2/c1-2-9-25-12-5-3-11(4-6-12)10-14-16(22)19(18(26)27-14)13(17(23)24)7-8-15(20)21/h3-6,10,13H,2,7-9H2,1H3,(H,20,21)(H,23,24)/b14-10-. The third-order valence-corrected chi connectivity index (χ3v) is 5.03. The Kier molecular flexibility index (Phi) is 7.37. The van der Waals surface area contributed by atoms with Crippen molar-refractivity contribution in [2.45, 2.75) is 32.2 Å². The topological polar surface area (TPSA) is 104 Å². The van der Waals surface area contributed by atoms with Crippen molar-refractivity contribution in [2.75, 3.05) is 6.61 Å². The molecule has 0 spiro atoms. The summed E-state index contributed by atoms with van der Waals surface area (Å²) in [5, 5.41) is 18.2. The summed E-state index contributed by atoms with van der Waals surface area (Å²) >= 11 is 6.15. The number of carbonyl (C=O) groups is 3. The van der Waals surface area contributed by atoms with Gasteiger partial charge in [-0.2, -0.15) is 0 Å². The molecule has 1 fully saturated rings. The van der Waals surface area contributed by atoms with Gasteiger partial charge in [0, 0.05) is 6.42 Å². The third kappa shape index (κ3) is 5.54. The second-order valence-corrected chi connectivity index (χ2v) is 7.43. The highest BCUT2D eigenvalue weighted by Gasteiger charge is 2.40. The van der Waals surface area contributed by atoms with Crippen LogP contribution >= 0.6 is 24.0 Å². The van der Waals surface area contributed by atoms with Crippen molar-refractivity contribution in [3.05, 3.63) is 34.7 Å². The number of carbonyl (C=O) groups excluding carboxylic acids is 1. The summed E-state index contributed by atoms with van der Waals surface area (Å²) < 4.78 is 5.61. The molecule has 0 aliphatic carbocycles. The number of carboxylic acid groups (broad SMARTS) is 2. The number of hydrogen-bond donors (Lipinski definition) is 2. The molecule has 1 aromatic rings. The fraction of sp³-hybridized carbons (Fsp3) is 0.333. The predicted octanol–water partition coefficient (Wildman–Crippen LogP) is 2.99. The van der Waals surface area contributed by atoms with Crippen LogP contribution in [-0.4, -0.2) is 49.9 Å². The largest absolute Gasteiger partial charge is 0.494 e. The van der Waals surface area contributed by atoms with E-state index in [2.05, 4.69) is 0 Å². The summed E-state index contributed by atoms with van der Waals surface area (Å²) in [5.74, 6) is -2.23. The van der Waals surface area contributed by atoms with E-state index in [1.165, 1.54) is 0 Å². The lowest BCUT2D eigenvalue weighted by atomic mass is 10.1. The van der Waals surface area contributed by atoms with Crippen molar-refractivity contribution in [2.24, 2.45) is 0 Å². The van der Waals surface area contributed by atoms with Crippen molar-refractivity contribution in [3.63, 3.8) is 0 Å². The van der Waals surface area contributed by atoms with Crippen LogP contribution in [0.25, 0.3) is 6.08 Å². The van der Waals surface area contributed by atoms with E-state index in [0.717, 1.165) is 34.4 Å². The Morgan fingerprint density at radius 2 is 1.96 bits per heavy atom. The smallest absolute Gasteiger partial charge is 0.326 e. The van der Waals surface area contributed by atoms with E-state index in [4.69, 9.17) is 22.1 Å². The van der Waals surface area contributed by atoms with Crippen LogP contribution in [-0.2, 0) is 14.4 Å². The van der Waals surface area contributed by atoms with Gasteiger partial charge in [0.05, 0.1) is 11.5 Å². The van der Waals surface area contributed by atoms with Crippen LogP contribution in [0.2, 0.25) is 0 Å². The van der Waals surface area contributed by atoms with Crippen LogP contribution < -0.4 is 4.74 Å². The van der Waals surface area contributed by atoms with Crippen molar-refractivity contribution in [1.82, 2.24) is 4.90 Å². The Morgan fingerprint density at radius 1 is 1.30 bits per heavy atom. The molecule has 0 radical (unpaired) electrons. The van der Waals surface area contributed by atoms with Gasteiger partial charge in [-0.1, -0.05) is 43.0 Å². The molecule has 1 saturated heterocycles. The number of rotatable bonds is 9. The zero-order chi connectivity index (χ0) is 20.0. The maximum absolute atomic E-state index is 12.6. The molecule has 1 unspecified atom stereocenters. The van der Waals surface area contributed by atoms with E-state index < -0.39 is 23.9 Å². The number of nitrogens with zero attached hydrogens (tertiary/aromatic N) is 1. The summed E-state index contributed by atoms with van der Waals surface area (Å²) in [6.45, 7) is 2.63. The quantitative estimate of drug-likeness (QED) is 0.474. The van der Waals surface area contributed by atoms with Crippen LogP contribution in [0, 0.1) is 0 Å². The Hall–Kier alpha value is -2.39. The van der Waals surface area contributed by atoms with E-state index in [1.807, 2.05) is 6.92 Å². The van der Waals surface area contributed by atoms with Gasteiger partial charge in [-0.15, -0.1) is 0 Å². The molecule has 144 valence electrons. The Bertz CT molecular complexity index is 775. The number of ether oxygens (including phenoxy) is 1. The summed E-state index contributed by atoms with van der Waals surface area (Å²) in [4.78, 5) is 36.1. The Labute approximate surface area is 166 Å². The fourth-order valence-corrected chi connectivity index (χ4v) is 3.76. The number of thioether (sulfide) groups is 1. The van der Waals surface area contributed by atoms with Crippen LogP contribution in [0.15, 0.2) is 29.2 Å². The molecule has 9 heteroatoms. The van der Waals surface area contributed by atoms with Gasteiger partial charge in [-0.05, 0) is 36.6 Å². The number of thiocarbonyl (C=S) groups is 1. The van der Waals surface area contributed by atoms with E-state index >= 15 is 0 Å². The maximum Gasteiger partial charge on any atom is 0.326 e. The minimum atomic E-state index is -1.30. The SMILES string of the molecule is CCCOc1ccc(/C=C2\SC(=S)N(C(CCC(=O)O)C(=O)O)C2=O)cc1. The van der Waals surface area contributed by atoms with Gasteiger partial charge in [0.1, 0.15) is 16.1 Å². The highest BCUT2D eigenvalue weighted by atomic mass is 32.2. The highest BCUT2D eigenvalue weighted by Crippen LogP contribution is 2.35. The zero-order valence-corrected chi connectivity index (χ0v) is 16.2. The zero-order valence-electron chi connectivity index (χ0n) is 14.6. The number of amides is 1. The monoisotopic (exact) mass is 409 g/mol. The van der Waals surface area contributed by atoms with Crippen LogP contribution in [0.1, 0.15) is 31.7 Å².